The van der Waals surface area contributed by atoms with Gasteiger partial charge in [0.25, 0.3) is 5.91 Å². The van der Waals surface area contributed by atoms with E-state index in [4.69, 9.17) is 4.74 Å². The third-order valence-corrected chi connectivity index (χ3v) is 5.08. The Morgan fingerprint density at radius 1 is 1.28 bits per heavy atom. The van der Waals surface area contributed by atoms with E-state index in [0.717, 1.165) is 27.1 Å². The van der Waals surface area contributed by atoms with Crippen LogP contribution < -0.4 is 14.9 Å². The first-order valence-corrected chi connectivity index (χ1v) is 8.94. The van der Waals surface area contributed by atoms with E-state index in [1.807, 2.05) is 50.2 Å². The molecule has 0 radical (unpaired) electrons. The molecule has 3 aromatic rings. The van der Waals surface area contributed by atoms with Crippen molar-refractivity contribution in [2.24, 2.45) is 7.05 Å². The van der Waals surface area contributed by atoms with Gasteiger partial charge in [-0.3, -0.25) is 9.59 Å². The van der Waals surface area contributed by atoms with E-state index in [2.05, 4.69) is 5.32 Å². The lowest BCUT2D eigenvalue weighted by Crippen LogP contribution is -2.32. The topological polar surface area (TPSA) is 60.3 Å². The number of rotatable bonds is 5. The molecule has 0 aliphatic heterocycles. The first kappa shape index (κ1) is 17.2. The van der Waals surface area contributed by atoms with Gasteiger partial charge in [-0.05, 0) is 43.2 Å². The van der Waals surface area contributed by atoms with Crippen molar-refractivity contribution < 1.29 is 9.53 Å². The molecule has 1 heterocycles. The van der Waals surface area contributed by atoms with Gasteiger partial charge in [0.15, 0.2) is 6.10 Å². The van der Waals surface area contributed by atoms with Gasteiger partial charge >= 0.3 is 4.87 Å². The molecular weight excluding hydrogens is 336 g/mol. The molecule has 0 saturated carbocycles. The summed E-state index contributed by atoms with van der Waals surface area (Å²) in [5, 5.41) is 2.88. The number of aryl methyl sites for hydroxylation is 2. The highest BCUT2D eigenvalue weighted by Gasteiger charge is 2.19. The molecular formula is C19H20N2O3S. The average molecular weight is 356 g/mol. The highest BCUT2D eigenvalue weighted by atomic mass is 32.1. The summed E-state index contributed by atoms with van der Waals surface area (Å²) < 4.78 is 8.32. The van der Waals surface area contributed by atoms with Gasteiger partial charge in [0.05, 0.1) is 10.2 Å². The van der Waals surface area contributed by atoms with Crippen molar-refractivity contribution >= 4 is 33.1 Å². The Balaban J connectivity index is 1.78. The number of para-hydroxylation sites is 1. The van der Waals surface area contributed by atoms with Gasteiger partial charge in [-0.1, -0.05) is 36.5 Å². The number of thiazole rings is 1. The number of fused-ring (bicyclic) bond motifs is 1. The van der Waals surface area contributed by atoms with Gasteiger partial charge in [0.2, 0.25) is 0 Å². The van der Waals surface area contributed by atoms with Crippen molar-refractivity contribution in [1.82, 2.24) is 4.57 Å². The second-order valence-corrected chi connectivity index (χ2v) is 6.87. The molecule has 0 aliphatic rings. The number of nitrogens with zero attached hydrogens (tertiary/aromatic N) is 1. The number of carbonyl (C=O) groups is 1. The van der Waals surface area contributed by atoms with Crippen molar-refractivity contribution in [3.8, 4) is 5.75 Å². The molecule has 3 rings (SSSR count). The zero-order valence-corrected chi connectivity index (χ0v) is 15.2. The molecule has 0 fully saturated rings. The van der Waals surface area contributed by atoms with Crippen LogP contribution in [0.4, 0.5) is 5.69 Å². The maximum atomic E-state index is 12.6. The van der Waals surface area contributed by atoms with Gasteiger partial charge in [-0.15, -0.1) is 0 Å². The average Bonchev–Trinajstić information content (AvgIpc) is 2.88. The summed E-state index contributed by atoms with van der Waals surface area (Å²) in [6.45, 7) is 3.86. The SMILES string of the molecule is CCC(Oc1ccccc1C)C(=O)Nc1ccc2c(c1)sc(=O)n2C. The van der Waals surface area contributed by atoms with Crippen LogP contribution in [0.2, 0.25) is 0 Å². The second-order valence-electron chi connectivity index (χ2n) is 5.88. The Hall–Kier alpha value is -2.60. The lowest BCUT2D eigenvalue weighted by molar-refractivity contribution is -0.122. The van der Waals surface area contributed by atoms with Crippen LogP contribution in [0.3, 0.4) is 0 Å². The number of ether oxygens (including phenoxy) is 1. The van der Waals surface area contributed by atoms with E-state index in [1.54, 1.807) is 17.7 Å². The fraction of sp³-hybridized carbons (Fsp3) is 0.263. The van der Waals surface area contributed by atoms with Crippen LogP contribution in [-0.4, -0.2) is 16.6 Å². The van der Waals surface area contributed by atoms with Gasteiger partial charge < -0.3 is 14.6 Å². The summed E-state index contributed by atoms with van der Waals surface area (Å²) in [6.07, 6.45) is -0.0209. The lowest BCUT2D eigenvalue weighted by Gasteiger charge is -2.18. The van der Waals surface area contributed by atoms with Crippen LogP contribution in [0.15, 0.2) is 47.3 Å². The minimum absolute atomic E-state index is 0.0206. The fourth-order valence-electron chi connectivity index (χ4n) is 2.60. The highest BCUT2D eigenvalue weighted by molar-refractivity contribution is 7.16. The molecule has 1 unspecified atom stereocenters. The van der Waals surface area contributed by atoms with E-state index in [1.165, 1.54) is 0 Å². The van der Waals surface area contributed by atoms with Crippen molar-refractivity contribution in [1.29, 1.82) is 0 Å². The number of nitrogens with one attached hydrogen (secondary N) is 1. The Bertz CT molecular complexity index is 974. The van der Waals surface area contributed by atoms with Gasteiger partial charge in [0.1, 0.15) is 5.75 Å². The molecule has 2 aromatic carbocycles. The maximum absolute atomic E-state index is 12.6. The van der Waals surface area contributed by atoms with Gasteiger partial charge in [-0.2, -0.15) is 0 Å². The number of aromatic nitrogens is 1. The monoisotopic (exact) mass is 356 g/mol. The van der Waals surface area contributed by atoms with Crippen LogP contribution in [0.25, 0.3) is 10.2 Å². The summed E-state index contributed by atoms with van der Waals surface area (Å²) in [5.41, 5.74) is 2.51. The molecule has 1 aromatic heterocycles. The minimum Gasteiger partial charge on any atom is -0.480 e. The maximum Gasteiger partial charge on any atom is 0.307 e. The number of anilines is 1. The highest BCUT2D eigenvalue weighted by Crippen LogP contribution is 2.23. The summed E-state index contributed by atoms with van der Waals surface area (Å²) in [7, 11) is 1.74. The van der Waals surface area contributed by atoms with E-state index >= 15 is 0 Å². The molecule has 25 heavy (non-hydrogen) atoms. The predicted octanol–water partition coefficient (Wildman–Crippen LogP) is 3.70. The molecule has 0 saturated heterocycles. The summed E-state index contributed by atoms with van der Waals surface area (Å²) >= 11 is 1.16. The first-order valence-electron chi connectivity index (χ1n) is 8.12. The first-order chi connectivity index (χ1) is 12.0. The van der Waals surface area contributed by atoms with Crippen molar-refractivity contribution in [2.45, 2.75) is 26.4 Å². The Morgan fingerprint density at radius 3 is 2.76 bits per heavy atom. The molecule has 0 spiro atoms. The molecule has 130 valence electrons. The number of hydrogen-bond acceptors (Lipinski definition) is 4. The van der Waals surface area contributed by atoms with Crippen molar-refractivity contribution in [3.63, 3.8) is 0 Å². The van der Waals surface area contributed by atoms with Gasteiger partial charge in [-0.25, -0.2) is 0 Å². The smallest absolute Gasteiger partial charge is 0.307 e. The molecule has 0 bridgehead atoms. The van der Waals surface area contributed by atoms with Crippen molar-refractivity contribution in [3.05, 3.63) is 57.7 Å². The van der Waals surface area contributed by atoms with E-state index in [0.29, 0.717) is 17.9 Å². The van der Waals surface area contributed by atoms with Gasteiger partial charge in [0, 0.05) is 12.7 Å². The second kappa shape index (κ2) is 7.11. The number of carbonyl (C=O) groups excluding carboxylic acids is 1. The van der Waals surface area contributed by atoms with Crippen LogP contribution in [0.5, 0.6) is 5.75 Å². The largest absolute Gasteiger partial charge is 0.480 e. The van der Waals surface area contributed by atoms with E-state index in [-0.39, 0.29) is 10.8 Å². The summed E-state index contributed by atoms with van der Waals surface area (Å²) in [4.78, 5) is 24.3. The number of hydrogen-bond donors (Lipinski definition) is 1. The Labute approximate surface area is 149 Å². The molecule has 1 atom stereocenters. The van der Waals surface area contributed by atoms with Crippen LogP contribution >= 0.6 is 11.3 Å². The number of amides is 1. The molecule has 1 amide bonds. The quantitative estimate of drug-likeness (QED) is 0.758. The van der Waals surface area contributed by atoms with Crippen LogP contribution in [0.1, 0.15) is 18.9 Å². The molecule has 1 N–H and O–H groups in total. The van der Waals surface area contributed by atoms with E-state index < -0.39 is 6.10 Å². The van der Waals surface area contributed by atoms with Crippen LogP contribution in [0, 0.1) is 6.92 Å². The van der Waals surface area contributed by atoms with Crippen LogP contribution in [-0.2, 0) is 11.8 Å². The minimum atomic E-state index is -0.577. The standard InChI is InChI=1S/C19H20N2O3S/c1-4-15(24-16-8-6-5-7-12(16)2)18(22)20-13-9-10-14-17(11-13)25-19(23)21(14)3/h5-11,15H,4H2,1-3H3,(H,20,22). The Morgan fingerprint density at radius 2 is 2.04 bits per heavy atom. The molecule has 5 nitrogen and oxygen atoms in total. The number of benzene rings is 2. The zero-order valence-electron chi connectivity index (χ0n) is 14.4. The molecule has 6 heteroatoms. The third kappa shape index (κ3) is 3.58. The fourth-order valence-corrected chi connectivity index (χ4v) is 3.52. The predicted molar refractivity (Wildman–Crippen MR) is 102 cm³/mol. The van der Waals surface area contributed by atoms with E-state index in [9.17, 15) is 9.59 Å². The van der Waals surface area contributed by atoms with Crippen molar-refractivity contribution in [2.75, 3.05) is 5.32 Å². The normalized spacial score (nSPS) is 12.1. The summed E-state index contributed by atoms with van der Waals surface area (Å²) in [6, 6.07) is 13.1. The third-order valence-electron chi connectivity index (χ3n) is 4.09. The summed E-state index contributed by atoms with van der Waals surface area (Å²) in [5.74, 6) is 0.509. The molecule has 0 aliphatic carbocycles. The Kier molecular flexibility index (Phi) is 4.90. The lowest BCUT2D eigenvalue weighted by atomic mass is 10.2. The zero-order chi connectivity index (χ0) is 18.0.